The molecule has 0 amide bonds. The second kappa shape index (κ2) is 9.38. The first kappa shape index (κ1) is 24.2. The number of imidazole rings is 1. The lowest BCUT2D eigenvalue weighted by molar-refractivity contribution is 0.161. The molecule has 8 nitrogen and oxygen atoms in total. The molecule has 2 aliphatic rings. The van der Waals surface area contributed by atoms with Crippen molar-refractivity contribution in [2.45, 2.75) is 48.7 Å². The molecule has 11 heteroatoms. The van der Waals surface area contributed by atoms with Gasteiger partial charge < -0.3 is 9.88 Å². The maximum absolute atomic E-state index is 12.4. The molecule has 2 N–H and O–H groups in total. The number of halogens is 2. The first-order valence-electron chi connectivity index (χ1n) is 10.9. The topological polar surface area (TPSA) is 93.8 Å². The third-order valence-corrected chi connectivity index (χ3v) is 8.29. The third kappa shape index (κ3) is 4.57. The van der Waals surface area contributed by atoms with Crippen LogP contribution in [0.1, 0.15) is 42.1 Å². The van der Waals surface area contributed by atoms with E-state index in [1.165, 1.54) is 30.1 Å². The molecule has 1 aliphatic carbocycles. The van der Waals surface area contributed by atoms with Crippen molar-refractivity contribution in [2.24, 2.45) is 7.05 Å². The van der Waals surface area contributed by atoms with E-state index in [9.17, 15) is 8.42 Å². The zero-order valence-corrected chi connectivity index (χ0v) is 20.8. The van der Waals surface area contributed by atoms with Gasteiger partial charge in [-0.1, -0.05) is 30.2 Å². The summed E-state index contributed by atoms with van der Waals surface area (Å²) >= 11 is 6.13. The van der Waals surface area contributed by atoms with Gasteiger partial charge in [0.05, 0.1) is 24.6 Å². The summed E-state index contributed by atoms with van der Waals surface area (Å²) in [6, 6.07) is 8.36. The summed E-state index contributed by atoms with van der Waals surface area (Å²) in [5.41, 5.74) is 3.65. The third-order valence-electron chi connectivity index (χ3n) is 6.69. The quantitative estimate of drug-likeness (QED) is 0.509. The molecule has 2 aromatic heterocycles. The second-order valence-electron chi connectivity index (χ2n) is 8.73. The van der Waals surface area contributed by atoms with Crippen LogP contribution >= 0.6 is 24.0 Å². The molecule has 1 fully saturated rings. The van der Waals surface area contributed by atoms with E-state index in [0.29, 0.717) is 6.54 Å². The predicted molar refractivity (Wildman–Crippen MR) is 129 cm³/mol. The van der Waals surface area contributed by atoms with Gasteiger partial charge in [0, 0.05) is 36.4 Å². The van der Waals surface area contributed by atoms with Crippen LogP contribution in [-0.4, -0.2) is 40.8 Å². The number of fused-ring (bicyclic) bond motifs is 1. The van der Waals surface area contributed by atoms with Crippen LogP contribution in [0.3, 0.4) is 0 Å². The van der Waals surface area contributed by atoms with E-state index < -0.39 is 10.0 Å². The average molecular weight is 511 g/mol. The predicted octanol–water partition coefficient (Wildman–Crippen LogP) is 2.98. The number of hydrogen-bond donors (Lipinski definition) is 2. The fourth-order valence-electron chi connectivity index (χ4n) is 4.91. The normalized spacial score (nSPS) is 19.4. The number of hydrogen-bond acceptors (Lipinski definition) is 5. The van der Waals surface area contributed by atoms with Crippen LogP contribution in [-0.2, 0) is 35.5 Å². The number of benzene rings is 1. The van der Waals surface area contributed by atoms with Gasteiger partial charge in [0.25, 0.3) is 10.0 Å². The number of aromatic nitrogens is 4. The van der Waals surface area contributed by atoms with E-state index in [2.05, 4.69) is 33.4 Å². The Morgan fingerprint density at radius 1 is 1.24 bits per heavy atom. The molecule has 1 unspecified atom stereocenters. The Kier molecular flexibility index (Phi) is 6.89. The average Bonchev–Trinajstić information content (AvgIpc) is 3.35. The Balaban J connectivity index is 0.00000259. The maximum atomic E-state index is 12.4. The first-order chi connectivity index (χ1) is 15.4. The van der Waals surface area contributed by atoms with Crippen LogP contribution in [0.15, 0.2) is 48.0 Å². The van der Waals surface area contributed by atoms with Crippen molar-refractivity contribution in [1.82, 2.24) is 29.4 Å². The molecule has 1 aliphatic heterocycles. The molecule has 178 valence electrons. The standard InChI is InChI=1S/C22H27ClN6O2S.ClH/c1-28-14-19(25-15-28)32(30,31)26-11-12-29-13-16-7-10-24-21(20(16)27-29)22(8-2-9-22)17-3-5-18(23)6-4-17;/h3-6,13-15,21,24,26H,2,7-12H2,1H3;1H. The van der Waals surface area contributed by atoms with Crippen molar-refractivity contribution in [3.05, 3.63) is 64.8 Å². The zero-order chi connectivity index (χ0) is 22.3. The van der Waals surface area contributed by atoms with Crippen molar-refractivity contribution in [2.75, 3.05) is 13.1 Å². The molecule has 3 aromatic rings. The number of rotatable bonds is 7. The molecule has 33 heavy (non-hydrogen) atoms. The van der Waals surface area contributed by atoms with Crippen LogP contribution in [0.2, 0.25) is 5.02 Å². The maximum Gasteiger partial charge on any atom is 0.259 e. The van der Waals surface area contributed by atoms with E-state index in [4.69, 9.17) is 16.7 Å². The molecular formula is C22H28Cl2N6O2S. The minimum Gasteiger partial charge on any atom is -0.339 e. The molecular weight excluding hydrogens is 483 g/mol. The smallest absolute Gasteiger partial charge is 0.259 e. The van der Waals surface area contributed by atoms with Gasteiger partial charge in [-0.25, -0.2) is 18.1 Å². The zero-order valence-electron chi connectivity index (χ0n) is 18.4. The van der Waals surface area contributed by atoms with E-state index in [1.54, 1.807) is 11.6 Å². The van der Waals surface area contributed by atoms with Gasteiger partial charge in [-0.15, -0.1) is 12.4 Å². The Hall–Kier alpha value is -1.91. The monoisotopic (exact) mass is 510 g/mol. The van der Waals surface area contributed by atoms with Crippen LogP contribution in [0.25, 0.3) is 0 Å². The second-order valence-corrected chi connectivity index (χ2v) is 10.9. The van der Waals surface area contributed by atoms with Crippen molar-refractivity contribution in [3.63, 3.8) is 0 Å². The highest BCUT2D eigenvalue weighted by Gasteiger charge is 2.48. The lowest BCUT2D eigenvalue weighted by atomic mass is 9.58. The highest BCUT2D eigenvalue weighted by atomic mass is 35.5. The van der Waals surface area contributed by atoms with Gasteiger partial charge in [-0.2, -0.15) is 5.10 Å². The summed E-state index contributed by atoms with van der Waals surface area (Å²) in [4.78, 5) is 3.93. The Morgan fingerprint density at radius 3 is 2.64 bits per heavy atom. The van der Waals surface area contributed by atoms with Crippen molar-refractivity contribution in [3.8, 4) is 0 Å². The summed E-state index contributed by atoms with van der Waals surface area (Å²) in [5, 5.41) is 9.39. The van der Waals surface area contributed by atoms with Crippen LogP contribution in [0.5, 0.6) is 0 Å². The molecule has 3 heterocycles. The van der Waals surface area contributed by atoms with Gasteiger partial charge >= 0.3 is 0 Å². The van der Waals surface area contributed by atoms with E-state index in [-0.39, 0.29) is 35.4 Å². The van der Waals surface area contributed by atoms with Crippen molar-refractivity contribution in [1.29, 1.82) is 0 Å². The fourth-order valence-corrected chi connectivity index (χ4v) is 6.04. The van der Waals surface area contributed by atoms with Crippen LogP contribution < -0.4 is 10.0 Å². The highest BCUT2D eigenvalue weighted by molar-refractivity contribution is 7.89. The molecule has 0 radical (unpaired) electrons. The fraction of sp³-hybridized carbons (Fsp3) is 0.455. The molecule has 0 saturated heterocycles. The van der Waals surface area contributed by atoms with E-state index in [0.717, 1.165) is 36.5 Å². The van der Waals surface area contributed by atoms with Gasteiger partial charge in [0.2, 0.25) is 0 Å². The summed E-state index contributed by atoms with van der Waals surface area (Å²) in [6.45, 7) is 1.62. The van der Waals surface area contributed by atoms with Gasteiger partial charge in [-0.3, -0.25) is 4.68 Å². The number of nitrogens with one attached hydrogen (secondary N) is 2. The van der Waals surface area contributed by atoms with E-state index >= 15 is 0 Å². The minimum absolute atomic E-state index is 0. The number of aryl methyl sites for hydroxylation is 1. The van der Waals surface area contributed by atoms with Crippen molar-refractivity contribution >= 4 is 34.0 Å². The summed E-state index contributed by atoms with van der Waals surface area (Å²) < 4.78 is 30.9. The molecule has 0 spiro atoms. The van der Waals surface area contributed by atoms with Gasteiger partial charge in [0.1, 0.15) is 0 Å². The Bertz CT molecular complexity index is 1220. The Morgan fingerprint density at radius 2 is 2.00 bits per heavy atom. The highest BCUT2D eigenvalue weighted by Crippen LogP contribution is 2.53. The minimum atomic E-state index is -3.63. The molecule has 1 saturated carbocycles. The van der Waals surface area contributed by atoms with Gasteiger partial charge in [-0.05, 0) is 49.1 Å². The number of sulfonamides is 1. The van der Waals surface area contributed by atoms with Crippen LogP contribution in [0.4, 0.5) is 0 Å². The molecule has 1 atom stereocenters. The largest absolute Gasteiger partial charge is 0.339 e. The van der Waals surface area contributed by atoms with Crippen molar-refractivity contribution < 1.29 is 8.42 Å². The number of nitrogens with zero attached hydrogens (tertiary/aromatic N) is 4. The SMILES string of the molecule is Cl.Cn1cnc(S(=O)(=O)NCCn2cc3c(n2)C(C2(c4ccc(Cl)cc4)CCC2)NCC3)c1. The Labute approximate surface area is 205 Å². The first-order valence-corrected chi connectivity index (χ1v) is 12.8. The van der Waals surface area contributed by atoms with E-state index in [1.807, 2.05) is 16.8 Å². The van der Waals surface area contributed by atoms with Crippen LogP contribution in [0, 0.1) is 0 Å². The lowest BCUT2D eigenvalue weighted by Crippen LogP contribution is -2.49. The van der Waals surface area contributed by atoms with Gasteiger partial charge in [0.15, 0.2) is 5.03 Å². The summed E-state index contributed by atoms with van der Waals surface area (Å²) in [6.07, 6.45) is 9.37. The lowest BCUT2D eigenvalue weighted by Gasteiger charge is -2.49. The molecule has 1 aromatic carbocycles. The summed E-state index contributed by atoms with van der Waals surface area (Å²) in [5.74, 6) is 0. The summed E-state index contributed by atoms with van der Waals surface area (Å²) in [7, 11) is -1.89. The molecule has 5 rings (SSSR count). The molecule has 0 bridgehead atoms.